The fraction of sp³-hybridized carbons (Fsp3) is 0.615. The summed E-state index contributed by atoms with van der Waals surface area (Å²) < 4.78 is 51.9. The van der Waals surface area contributed by atoms with Crippen LogP contribution in [0.3, 0.4) is 0 Å². The quantitative estimate of drug-likeness (QED) is 0.826. The maximum Gasteiger partial charge on any atom is 0.317 e. The number of amides is 2. The average Bonchev–Trinajstić information content (AvgIpc) is 2.95. The van der Waals surface area contributed by atoms with Crippen LogP contribution in [0.1, 0.15) is 23.8 Å². The number of rotatable bonds is 1. The Bertz CT molecular complexity index is 710. The lowest BCUT2D eigenvalue weighted by molar-refractivity contribution is -0.0471. The van der Waals surface area contributed by atoms with E-state index in [1.807, 2.05) is 0 Å². The molecule has 1 atom stereocenters. The van der Waals surface area contributed by atoms with Gasteiger partial charge in [-0.3, -0.25) is 0 Å². The second kappa shape index (κ2) is 5.67. The molecule has 0 unspecified atom stereocenters. The number of halogens is 2. The highest BCUT2D eigenvalue weighted by molar-refractivity contribution is 7.89. The zero-order valence-electron chi connectivity index (χ0n) is 12.5. The van der Waals surface area contributed by atoms with Crippen LogP contribution in [-0.2, 0) is 10.0 Å². The molecule has 0 bridgehead atoms. The van der Waals surface area contributed by atoms with Gasteiger partial charge in [-0.15, -0.1) is 11.3 Å². The van der Waals surface area contributed by atoms with Crippen molar-refractivity contribution in [1.82, 2.24) is 14.5 Å². The van der Waals surface area contributed by atoms with Gasteiger partial charge in [-0.2, -0.15) is 4.31 Å². The van der Waals surface area contributed by atoms with Gasteiger partial charge in [0.05, 0.1) is 10.9 Å². The molecule has 1 fully saturated rings. The minimum atomic E-state index is -3.51. The Morgan fingerprint density at radius 1 is 1.39 bits per heavy atom. The third-order valence-corrected chi connectivity index (χ3v) is 7.22. The summed E-state index contributed by atoms with van der Waals surface area (Å²) in [7, 11) is -2.05. The molecule has 1 aromatic heterocycles. The highest BCUT2D eigenvalue weighted by Crippen LogP contribution is 2.35. The number of sulfonamides is 1. The molecule has 2 amide bonds. The van der Waals surface area contributed by atoms with Crippen molar-refractivity contribution in [3.8, 4) is 0 Å². The Morgan fingerprint density at radius 3 is 2.70 bits per heavy atom. The van der Waals surface area contributed by atoms with Gasteiger partial charge < -0.3 is 10.2 Å². The van der Waals surface area contributed by atoms with E-state index in [0.29, 0.717) is 4.88 Å². The number of alkyl halides is 2. The molecule has 6 nitrogen and oxygen atoms in total. The lowest BCUT2D eigenvalue weighted by Crippen LogP contribution is -2.50. The molecule has 2 aliphatic rings. The molecule has 2 aliphatic heterocycles. The molecule has 10 heteroatoms. The molecular weight excluding hydrogens is 348 g/mol. The van der Waals surface area contributed by atoms with E-state index in [9.17, 15) is 22.0 Å². The SMILES string of the molecule is CN1C[C@@H](NC(=O)N2CCC(F)(F)CC2)c2sccc2S1(=O)=O. The number of piperidine rings is 1. The Labute approximate surface area is 137 Å². The van der Waals surface area contributed by atoms with E-state index < -0.39 is 28.0 Å². The number of carbonyl (C=O) groups is 1. The smallest absolute Gasteiger partial charge is 0.317 e. The molecule has 0 aromatic carbocycles. The lowest BCUT2D eigenvalue weighted by Gasteiger charge is -2.35. The first-order valence-corrected chi connectivity index (χ1v) is 9.50. The first kappa shape index (κ1) is 16.6. The van der Waals surface area contributed by atoms with Gasteiger partial charge in [0.15, 0.2) is 0 Å². The number of carbonyl (C=O) groups excluding carboxylic acids is 1. The third kappa shape index (κ3) is 3.07. The number of nitrogens with zero attached hydrogens (tertiary/aromatic N) is 2. The molecule has 0 spiro atoms. The first-order valence-electron chi connectivity index (χ1n) is 7.18. The molecule has 1 saturated heterocycles. The second-order valence-corrected chi connectivity index (χ2v) is 8.74. The summed E-state index contributed by atoms with van der Waals surface area (Å²) in [6, 6.07) is 0.622. The molecule has 3 heterocycles. The molecule has 0 radical (unpaired) electrons. The van der Waals surface area contributed by atoms with Crippen LogP contribution in [0, 0.1) is 0 Å². The summed E-state index contributed by atoms with van der Waals surface area (Å²) >= 11 is 1.27. The topological polar surface area (TPSA) is 69.7 Å². The zero-order valence-corrected chi connectivity index (χ0v) is 14.1. The second-order valence-electron chi connectivity index (χ2n) is 5.78. The molecular formula is C13H17F2N3O3S2. The van der Waals surface area contributed by atoms with Crippen LogP contribution in [0.25, 0.3) is 0 Å². The Balaban J connectivity index is 1.73. The molecule has 3 rings (SSSR count). The van der Waals surface area contributed by atoms with Gasteiger partial charge in [-0.1, -0.05) is 0 Å². The van der Waals surface area contributed by atoms with Gasteiger partial charge in [0.2, 0.25) is 10.0 Å². The minimum absolute atomic E-state index is 0.00299. The van der Waals surface area contributed by atoms with Crippen LogP contribution in [0.4, 0.5) is 13.6 Å². The van der Waals surface area contributed by atoms with Crippen molar-refractivity contribution in [2.24, 2.45) is 0 Å². The van der Waals surface area contributed by atoms with Crippen LogP contribution in [0.15, 0.2) is 16.3 Å². The van der Waals surface area contributed by atoms with Crippen molar-refractivity contribution < 1.29 is 22.0 Å². The van der Waals surface area contributed by atoms with E-state index in [1.165, 1.54) is 33.7 Å². The Hall–Kier alpha value is -1.26. The highest BCUT2D eigenvalue weighted by atomic mass is 32.2. The third-order valence-electron chi connectivity index (χ3n) is 4.18. The maximum absolute atomic E-state index is 13.2. The van der Waals surface area contributed by atoms with E-state index in [-0.39, 0.29) is 37.4 Å². The zero-order chi connectivity index (χ0) is 16.8. The molecule has 1 N–H and O–H groups in total. The largest absolute Gasteiger partial charge is 0.329 e. The predicted molar refractivity (Wildman–Crippen MR) is 81.2 cm³/mol. The van der Waals surface area contributed by atoms with E-state index in [4.69, 9.17) is 0 Å². The molecule has 1 aromatic rings. The predicted octanol–water partition coefficient (Wildman–Crippen LogP) is 1.86. The minimum Gasteiger partial charge on any atom is -0.329 e. The van der Waals surface area contributed by atoms with Crippen LogP contribution in [0.2, 0.25) is 0 Å². The van der Waals surface area contributed by atoms with Crippen LogP contribution < -0.4 is 5.32 Å². The standard InChI is InChI=1S/C13H17F2N3O3S2/c1-17-8-9(11-10(2-7-22-11)23(17,20)21)16-12(19)18-5-3-13(14,15)4-6-18/h2,7,9H,3-6,8H2,1H3,(H,16,19)/t9-/m1/s1. The maximum atomic E-state index is 13.2. The lowest BCUT2D eigenvalue weighted by atomic mass is 10.1. The molecule has 128 valence electrons. The van der Waals surface area contributed by atoms with Crippen LogP contribution >= 0.6 is 11.3 Å². The first-order chi connectivity index (χ1) is 10.7. The molecule has 23 heavy (non-hydrogen) atoms. The van der Waals surface area contributed by atoms with Gasteiger partial charge in [0.25, 0.3) is 5.92 Å². The van der Waals surface area contributed by atoms with Crippen molar-refractivity contribution in [2.45, 2.75) is 29.7 Å². The molecule has 0 aliphatic carbocycles. The number of urea groups is 1. The van der Waals surface area contributed by atoms with E-state index >= 15 is 0 Å². The van der Waals surface area contributed by atoms with Crippen LogP contribution in [0.5, 0.6) is 0 Å². The van der Waals surface area contributed by atoms with Gasteiger partial charge in [-0.25, -0.2) is 22.0 Å². The summed E-state index contributed by atoms with van der Waals surface area (Å²) in [5.41, 5.74) is 0. The summed E-state index contributed by atoms with van der Waals surface area (Å²) in [6.07, 6.45) is -0.687. The van der Waals surface area contributed by atoms with Crippen molar-refractivity contribution in [3.63, 3.8) is 0 Å². The van der Waals surface area contributed by atoms with Gasteiger partial charge in [0, 0.05) is 44.4 Å². The monoisotopic (exact) mass is 365 g/mol. The van der Waals surface area contributed by atoms with Crippen molar-refractivity contribution in [3.05, 3.63) is 16.3 Å². The number of thiophene rings is 1. The van der Waals surface area contributed by atoms with Gasteiger partial charge in [-0.05, 0) is 11.4 Å². The normalized spacial score (nSPS) is 26.6. The molecule has 0 saturated carbocycles. The van der Waals surface area contributed by atoms with Gasteiger partial charge >= 0.3 is 6.03 Å². The number of hydrogen-bond acceptors (Lipinski definition) is 4. The highest BCUT2D eigenvalue weighted by Gasteiger charge is 2.39. The number of likely N-dealkylation sites (N-methyl/N-ethyl adjacent to an activating group) is 1. The summed E-state index contributed by atoms with van der Waals surface area (Å²) in [4.78, 5) is 14.4. The average molecular weight is 365 g/mol. The van der Waals surface area contributed by atoms with E-state index in [0.717, 1.165) is 0 Å². The summed E-state index contributed by atoms with van der Waals surface area (Å²) in [5, 5.41) is 4.44. The Morgan fingerprint density at radius 2 is 2.04 bits per heavy atom. The number of fused-ring (bicyclic) bond motifs is 1. The van der Waals surface area contributed by atoms with Crippen molar-refractivity contribution >= 4 is 27.4 Å². The van der Waals surface area contributed by atoms with E-state index in [2.05, 4.69) is 5.32 Å². The fourth-order valence-corrected chi connectivity index (χ4v) is 5.47. The number of hydrogen-bond donors (Lipinski definition) is 1. The van der Waals surface area contributed by atoms with Crippen LogP contribution in [-0.4, -0.2) is 56.3 Å². The van der Waals surface area contributed by atoms with E-state index in [1.54, 1.807) is 5.38 Å². The Kier molecular flexibility index (Phi) is 4.09. The summed E-state index contributed by atoms with van der Waals surface area (Å²) in [5.74, 6) is -2.71. The number of likely N-dealkylation sites (tertiary alicyclic amines) is 1. The number of nitrogens with one attached hydrogen (secondary N) is 1. The van der Waals surface area contributed by atoms with Crippen molar-refractivity contribution in [2.75, 3.05) is 26.7 Å². The summed E-state index contributed by atoms with van der Waals surface area (Å²) in [6.45, 7) is 0.125. The van der Waals surface area contributed by atoms with Crippen molar-refractivity contribution in [1.29, 1.82) is 0 Å². The fourth-order valence-electron chi connectivity index (χ4n) is 2.77. The van der Waals surface area contributed by atoms with Gasteiger partial charge in [0.1, 0.15) is 0 Å².